The SMILES string of the molecule is CCCC1(CNS(=O)(=O)c2cc(CNC)oc2Br)CC1. The van der Waals surface area contributed by atoms with Gasteiger partial charge >= 0.3 is 0 Å². The second kappa shape index (κ2) is 6.17. The van der Waals surface area contributed by atoms with Gasteiger partial charge in [-0.2, -0.15) is 0 Å². The predicted octanol–water partition coefficient (Wildman–Crippen LogP) is 2.62. The molecular weight excluding hydrogens is 344 g/mol. The van der Waals surface area contributed by atoms with E-state index in [-0.39, 0.29) is 15.0 Å². The van der Waals surface area contributed by atoms with Crippen molar-refractivity contribution in [3.63, 3.8) is 0 Å². The monoisotopic (exact) mass is 364 g/mol. The summed E-state index contributed by atoms with van der Waals surface area (Å²) in [6.07, 6.45) is 4.39. The van der Waals surface area contributed by atoms with Gasteiger partial charge in [0, 0.05) is 12.6 Å². The van der Waals surface area contributed by atoms with Gasteiger partial charge in [0.05, 0.1) is 6.54 Å². The van der Waals surface area contributed by atoms with Crippen molar-refractivity contribution in [2.24, 2.45) is 5.41 Å². The van der Waals surface area contributed by atoms with Gasteiger partial charge in [0.2, 0.25) is 10.0 Å². The van der Waals surface area contributed by atoms with Gasteiger partial charge in [-0.25, -0.2) is 13.1 Å². The van der Waals surface area contributed by atoms with E-state index in [0.717, 1.165) is 25.7 Å². The summed E-state index contributed by atoms with van der Waals surface area (Å²) in [5.41, 5.74) is 0.186. The molecule has 1 aliphatic carbocycles. The first-order chi connectivity index (χ1) is 9.42. The minimum absolute atomic E-state index is 0.176. The zero-order valence-electron chi connectivity index (χ0n) is 11.8. The first-order valence-corrected chi connectivity index (χ1v) is 9.12. The molecule has 0 radical (unpaired) electrons. The number of rotatable bonds is 8. The molecule has 0 spiro atoms. The van der Waals surface area contributed by atoms with Crippen LogP contribution < -0.4 is 10.0 Å². The van der Waals surface area contributed by atoms with Gasteiger partial charge in [-0.3, -0.25) is 0 Å². The van der Waals surface area contributed by atoms with Crippen molar-refractivity contribution in [3.8, 4) is 0 Å². The molecule has 2 N–H and O–H groups in total. The first kappa shape index (κ1) is 16.0. The molecule has 1 aromatic heterocycles. The van der Waals surface area contributed by atoms with Gasteiger partial charge in [0.15, 0.2) is 4.67 Å². The number of halogens is 1. The Hall–Kier alpha value is -0.370. The molecule has 5 nitrogen and oxygen atoms in total. The normalized spacial score (nSPS) is 17.4. The minimum atomic E-state index is -3.52. The zero-order chi connectivity index (χ0) is 14.8. The summed E-state index contributed by atoms with van der Waals surface area (Å²) < 4.78 is 33.0. The Labute approximate surface area is 128 Å². The van der Waals surface area contributed by atoms with Crippen molar-refractivity contribution in [3.05, 3.63) is 16.5 Å². The number of nitrogens with one attached hydrogen (secondary N) is 2. The Balaban J connectivity index is 2.06. The van der Waals surface area contributed by atoms with Crippen LogP contribution in [0.3, 0.4) is 0 Å². The maximum atomic E-state index is 12.3. The third kappa shape index (κ3) is 3.63. The van der Waals surface area contributed by atoms with Gasteiger partial charge < -0.3 is 9.73 Å². The fourth-order valence-electron chi connectivity index (χ4n) is 2.39. The van der Waals surface area contributed by atoms with Crippen LogP contribution in [0.4, 0.5) is 0 Å². The molecule has 20 heavy (non-hydrogen) atoms. The van der Waals surface area contributed by atoms with Crippen molar-refractivity contribution in [1.29, 1.82) is 0 Å². The van der Waals surface area contributed by atoms with Crippen LogP contribution in [0.15, 0.2) is 20.0 Å². The maximum absolute atomic E-state index is 12.3. The van der Waals surface area contributed by atoms with Crippen LogP contribution in [0.5, 0.6) is 0 Å². The van der Waals surface area contributed by atoms with E-state index in [1.807, 2.05) is 0 Å². The number of hydrogen-bond acceptors (Lipinski definition) is 4. The van der Waals surface area contributed by atoms with Crippen LogP contribution in [-0.2, 0) is 16.6 Å². The second-order valence-corrected chi connectivity index (χ2v) is 7.91. The summed E-state index contributed by atoms with van der Waals surface area (Å²) in [7, 11) is -1.74. The highest BCUT2D eigenvalue weighted by molar-refractivity contribution is 9.10. The molecule has 0 aliphatic heterocycles. The summed E-state index contributed by atoms with van der Waals surface area (Å²) in [5.74, 6) is 0.592. The number of hydrogen-bond donors (Lipinski definition) is 2. The average molecular weight is 365 g/mol. The molecule has 2 rings (SSSR count). The van der Waals surface area contributed by atoms with E-state index in [2.05, 4.69) is 32.9 Å². The fourth-order valence-corrected chi connectivity index (χ4v) is 4.54. The topological polar surface area (TPSA) is 71.3 Å². The van der Waals surface area contributed by atoms with Crippen LogP contribution in [0, 0.1) is 5.41 Å². The van der Waals surface area contributed by atoms with E-state index < -0.39 is 10.0 Å². The van der Waals surface area contributed by atoms with E-state index in [9.17, 15) is 8.42 Å². The highest BCUT2D eigenvalue weighted by Crippen LogP contribution is 2.49. The number of sulfonamides is 1. The Kier molecular flexibility index (Phi) is 4.94. The zero-order valence-corrected chi connectivity index (χ0v) is 14.2. The lowest BCUT2D eigenvalue weighted by Crippen LogP contribution is -2.30. The Morgan fingerprint density at radius 1 is 1.45 bits per heavy atom. The van der Waals surface area contributed by atoms with Crippen LogP contribution in [0.1, 0.15) is 38.4 Å². The van der Waals surface area contributed by atoms with Gasteiger partial charge in [0.1, 0.15) is 10.7 Å². The summed E-state index contributed by atoms with van der Waals surface area (Å²) >= 11 is 3.18. The van der Waals surface area contributed by atoms with Crippen molar-refractivity contribution in [2.45, 2.75) is 44.0 Å². The van der Waals surface area contributed by atoms with Crippen LogP contribution in [0.25, 0.3) is 0 Å². The van der Waals surface area contributed by atoms with E-state index in [4.69, 9.17) is 4.42 Å². The fraction of sp³-hybridized carbons (Fsp3) is 0.692. The van der Waals surface area contributed by atoms with Crippen molar-refractivity contribution < 1.29 is 12.8 Å². The lowest BCUT2D eigenvalue weighted by atomic mass is 10.0. The molecule has 1 saturated carbocycles. The lowest BCUT2D eigenvalue weighted by Gasteiger charge is -2.14. The number of furan rings is 1. The third-order valence-electron chi connectivity index (χ3n) is 3.72. The molecule has 114 valence electrons. The van der Waals surface area contributed by atoms with Gasteiger partial charge in [0.25, 0.3) is 0 Å². The molecule has 1 fully saturated rings. The summed E-state index contributed by atoms with van der Waals surface area (Å²) in [4.78, 5) is 0.176. The van der Waals surface area contributed by atoms with E-state index >= 15 is 0 Å². The molecular formula is C13H21BrN2O3S. The van der Waals surface area contributed by atoms with Crippen molar-refractivity contribution in [1.82, 2.24) is 10.0 Å². The van der Waals surface area contributed by atoms with Gasteiger partial charge in [-0.15, -0.1) is 0 Å². The summed E-state index contributed by atoms with van der Waals surface area (Å²) in [6.45, 7) is 3.14. The molecule has 0 bridgehead atoms. The van der Waals surface area contributed by atoms with Crippen LogP contribution in [0.2, 0.25) is 0 Å². The first-order valence-electron chi connectivity index (χ1n) is 6.85. The van der Waals surface area contributed by atoms with E-state index in [1.165, 1.54) is 0 Å². The maximum Gasteiger partial charge on any atom is 0.244 e. The lowest BCUT2D eigenvalue weighted by molar-refractivity contribution is 0.447. The molecule has 1 aromatic rings. The molecule has 1 heterocycles. The Morgan fingerprint density at radius 3 is 2.70 bits per heavy atom. The smallest absolute Gasteiger partial charge is 0.244 e. The molecule has 0 saturated heterocycles. The standard InChI is InChI=1S/C13H21BrN2O3S/c1-3-4-13(5-6-13)9-16-20(17,18)11-7-10(8-15-2)19-12(11)14/h7,15-16H,3-6,8-9H2,1-2H3. The quantitative estimate of drug-likeness (QED) is 0.743. The van der Waals surface area contributed by atoms with Gasteiger partial charge in [-0.1, -0.05) is 13.3 Å². The highest BCUT2D eigenvalue weighted by atomic mass is 79.9. The average Bonchev–Trinajstić information content (AvgIpc) is 3.04. The molecule has 1 aliphatic rings. The van der Waals surface area contributed by atoms with Crippen molar-refractivity contribution >= 4 is 26.0 Å². The molecule has 0 aromatic carbocycles. The van der Waals surface area contributed by atoms with Crippen LogP contribution >= 0.6 is 15.9 Å². The molecule has 7 heteroatoms. The Morgan fingerprint density at radius 2 is 2.15 bits per heavy atom. The summed E-state index contributed by atoms with van der Waals surface area (Å²) in [5, 5.41) is 2.93. The third-order valence-corrected chi connectivity index (χ3v) is 5.98. The van der Waals surface area contributed by atoms with Gasteiger partial charge in [-0.05, 0) is 47.7 Å². The molecule has 0 atom stereocenters. The molecule has 0 unspecified atom stereocenters. The van der Waals surface area contributed by atoms with Crippen LogP contribution in [-0.4, -0.2) is 22.0 Å². The van der Waals surface area contributed by atoms with Crippen molar-refractivity contribution in [2.75, 3.05) is 13.6 Å². The predicted molar refractivity (Wildman–Crippen MR) is 80.9 cm³/mol. The summed E-state index contributed by atoms with van der Waals surface area (Å²) in [6, 6.07) is 1.56. The largest absolute Gasteiger partial charge is 0.452 e. The van der Waals surface area contributed by atoms with E-state index in [0.29, 0.717) is 18.8 Å². The second-order valence-electron chi connectivity index (χ2n) is 5.46. The van der Waals surface area contributed by atoms with E-state index in [1.54, 1.807) is 13.1 Å². The molecule has 0 amide bonds. The Bertz CT molecular complexity index is 564. The minimum Gasteiger partial charge on any atom is -0.452 e. The highest BCUT2D eigenvalue weighted by Gasteiger charge is 2.42.